The minimum atomic E-state index is 0.638. The normalized spacial score (nSPS) is 11.0. The highest BCUT2D eigenvalue weighted by atomic mass is 15.1. The molecule has 0 aliphatic rings. The van der Waals surface area contributed by atoms with Crippen LogP contribution >= 0.6 is 0 Å². The zero-order valence-electron chi connectivity index (χ0n) is 12.7. The van der Waals surface area contributed by atoms with Gasteiger partial charge in [-0.1, -0.05) is 18.2 Å². The Hall–Kier alpha value is -3.08. The highest BCUT2D eigenvalue weighted by molar-refractivity contribution is 5.92. The van der Waals surface area contributed by atoms with Crippen LogP contribution < -0.4 is 0 Å². The van der Waals surface area contributed by atoms with Crippen LogP contribution in [0.3, 0.4) is 0 Å². The summed E-state index contributed by atoms with van der Waals surface area (Å²) in [4.78, 5) is 17.7. The number of rotatable bonds is 3. The molecule has 0 aliphatic heterocycles. The van der Waals surface area contributed by atoms with Crippen LogP contribution in [0.5, 0.6) is 0 Å². The molecule has 0 atom stereocenters. The van der Waals surface area contributed by atoms with E-state index in [1.807, 2.05) is 43.7 Å². The quantitative estimate of drug-likeness (QED) is 0.583. The van der Waals surface area contributed by atoms with Gasteiger partial charge < -0.3 is 4.57 Å². The molecule has 23 heavy (non-hydrogen) atoms. The van der Waals surface area contributed by atoms with Gasteiger partial charge in [0.1, 0.15) is 5.82 Å². The molecule has 4 rings (SSSR count). The number of nitrogens with zero attached hydrogens (tertiary/aromatic N) is 5. The summed E-state index contributed by atoms with van der Waals surface area (Å²) in [5.74, 6) is 0.908. The van der Waals surface area contributed by atoms with E-state index in [1.165, 1.54) is 0 Å². The van der Waals surface area contributed by atoms with E-state index >= 15 is 0 Å². The Labute approximate surface area is 133 Å². The summed E-state index contributed by atoms with van der Waals surface area (Å²) in [6.07, 6.45) is 9.18. The zero-order chi connectivity index (χ0) is 15.6. The van der Waals surface area contributed by atoms with Crippen LogP contribution in [0.1, 0.15) is 11.4 Å². The number of aromatic nitrogens is 5. The molecule has 0 unspecified atom stereocenters. The third kappa shape index (κ3) is 2.57. The van der Waals surface area contributed by atoms with Gasteiger partial charge in [0.15, 0.2) is 0 Å². The Kier molecular flexibility index (Phi) is 3.31. The average molecular weight is 301 g/mol. The van der Waals surface area contributed by atoms with Gasteiger partial charge >= 0.3 is 0 Å². The molecule has 0 radical (unpaired) electrons. The van der Waals surface area contributed by atoms with Crippen molar-refractivity contribution in [2.24, 2.45) is 0 Å². The first-order valence-electron chi connectivity index (χ1n) is 7.44. The fourth-order valence-corrected chi connectivity index (χ4v) is 2.65. The van der Waals surface area contributed by atoms with Gasteiger partial charge in [0, 0.05) is 35.7 Å². The van der Waals surface area contributed by atoms with E-state index < -0.39 is 0 Å². The van der Waals surface area contributed by atoms with Crippen molar-refractivity contribution in [3.05, 3.63) is 72.7 Å². The molecule has 1 aromatic carbocycles. The van der Waals surface area contributed by atoms with Gasteiger partial charge in [0.25, 0.3) is 0 Å². The molecule has 0 saturated heterocycles. The van der Waals surface area contributed by atoms with Gasteiger partial charge in [0.2, 0.25) is 0 Å². The topological polar surface area (TPSA) is 56.5 Å². The van der Waals surface area contributed by atoms with Gasteiger partial charge in [-0.05, 0) is 19.1 Å². The first kappa shape index (κ1) is 13.6. The van der Waals surface area contributed by atoms with Gasteiger partial charge in [-0.3, -0.25) is 15.0 Å². The fourth-order valence-electron chi connectivity index (χ4n) is 2.65. The minimum Gasteiger partial charge on any atom is -0.325 e. The number of hydrogen-bond acceptors (Lipinski definition) is 4. The van der Waals surface area contributed by atoms with Gasteiger partial charge in [-0.25, -0.2) is 4.98 Å². The van der Waals surface area contributed by atoms with E-state index in [0.29, 0.717) is 6.54 Å². The van der Waals surface area contributed by atoms with Gasteiger partial charge in [0.05, 0.1) is 29.6 Å². The number of fused-ring (bicyclic) bond motifs is 1. The molecule has 0 bridgehead atoms. The smallest absolute Gasteiger partial charge is 0.140 e. The van der Waals surface area contributed by atoms with Crippen LogP contribution in [0.25, 0.3) is 22.3 Å². The van der Waals surface area contributed by atoms with Crippen molar-refractivity contribution >= 4 is 10.9 Å². The van der Waals surface area contributed by atoms with Crippen molar-refractivity contribution in [2.45, 2.75) is 13.5 Å². The molecular weight excluding hydrogens is 286 g/mol. The van der Waals surface area contributed by atoms with Crippen molar-refractivity contribution in [2.75, 3.05) is 0 Å². The predicted octanol–water partition coefficient (Wildman–Crippen LogP) is 3.25. The maximum Gasteiger partial charge on any atom is 0.140 e. The Morgan fingerprint density at radius 3 is 2.74 bits per heavy atom. The maximum atomic E-state index is 4.54. The van der Waals surface area contributed by atoms with Gasteiger partial charge in [-0.2, -0.15) is 0 Å². The van der Waals surface area contributed by atoms with E-state index in [4.69, 9.17) is 0 Å². The number of hydrogen-bond donors (Lipinski definition) is 0. The van der Waals surface area contributed by atoms with E-state index in [1.54, 1.807) is 12.4 Å². The van der Waals surface area contributed by atoms with Crippen molar-refractivity contribution in [1.82, 2.24) is 24.5 Å². The SMILES string of the molecule is Cc1cnc(Cn2ccnc2-c2cccc3ncccc23)cn1. The van der Waals surface area contributed by atoms with Gasteiger partial charge in [-0.15, -0.1) is 0 Å². The third-order valence-electron chi connectivity index (χ3n) is 3.77. The first-order chi connectivity index (χ1) is 11.3. The molecule has 0 aliphatic carbocycles. The van der Waals surface area contributed by atoms with Crippen molar-refractivity contribution in [3.8, 4) is 11.4 Å². The van der Waals surface area contributed by atoms with Crippen molar-refractivity contribution in [1.29, 1.82) is 0 Å². The number of pyridine rings is 1. The van der Waals surface area contributed by atoms with E-state index in [-0.39, 0.29) is 0 Å². The second kappa shape index (κ2) is 5.61. The highest BCUT2D eigenvalue weighted by Gasteiger charge is 2.10. The minimum absolute atomic E-state index is 0.638. The van der Waals surface area contributed by atoms with Crippen LogP contribution in [0.15, 0.2) is 61.3 Å². The molecule has 3 heterocycles. The second-order valence-electron chi connectivity index (χ2n) is 5.40. The number of benzene rings is 1. The summed E-state index contributed by atoms with van der Waals surface area (Å²) < 4.78 is 2.08. The molecule has 0 N–H and O–H groups in total. The van der Waals surface area contributed by atoms with Crippen LogP contribution in [-0.4, -0.2) is 24.5 Å². The molecule has 5 nitrogen and oxygen atoms in total. The Balaban J connectivity index is 1.78. The number of aryl methyl sites for hydroxylation is 1. The summed E-state index contributed by atoms with van der Waals surface area (Å²) in [5, 5.41) is 1.09. The lowest BCUT2D eigenvalue weighted by Crippen LogP contribution is -2.04. The molecule has 4 aromatic rings. The summed E-state index contributed by atoms with van der Waals surface area (Å²) in [6, 6.07) is 10.1. The maximum absolute atomic E-state index is 4.54. The Morgan fingerprint density at radius 1 is 0.913 bits per heavy atom. The zero-order valence-corrected chi connectivity index (χ0v) is 12.7. The molecule has 3 aromatic heterocycles. The lowest BCUT2D eigenvalue weighted by Gasteiger charge is -2.09. The summed E-state index contributed by atoms with van der Waals surface area (Å²) in [5.41, 5.74) is 3.86. The molecule has 0 spiro atoms. The van der Waals surface area contributed by atoms with Crippen LogP contribution in [-0.2, 0) is 6.54 Å². The highest BCUT2D eigenvalue weighted by Crippen LogP contribution is 2.26. The second-order valence-corrected chi connectivity index (χ2v) is 5.40. The van der Waals surface area contributed by atoms with E-state index in [0.717, 1.165) is 33.7 Å². The molecule has 0 saturated carbocycles. The fraction of sp³-hybridized carbons (Fsp3) is 0.111. The summed E-state index contributed by atoms with van der Waals surface area (Å²) in [7, 11) is 0. The van der Waals surface area contributed by atoms with E-state index in [2.05, 4.69) is 36.6 Å². The van der Waals surface area contributed by atoms with Crippen LogP contribution in [0.4, 0.5) is 0 Å². The lowest BCUT2D eigenvalue weighted by atomic mass is 10.1. The third-order valence-corrected chi connectivity index (χ3v) is 3.77. The van der Waals surface area contributed by atoms with Crippen LogP contribution in [0, 0.1) is 6.92 Å². The summed E-state index contributed by atoms with van der Waals surface area (Å²) >= 11 is 0. The predicted molar refractivity (Wildman–Crippen MR) is 88.8 cm³/mol. The van der Waals surface area contributed by atoms with E-state index in [9.17, 15) is 0 Å². The standard InChI is InChI=1S/C18H15N5/c1-13-10-22-14(11-21-13)12-23-9-8-20-18(23)16-4-2-6-17-15(16)5-3-7-19-17/h2-11H,12H2,1H3. The molecule has 5 heteroatoms. The monoisotopic (exact) mass is 301 g/mol. The first-order valence-corrected chi connectivity index (χ1v) is 7.44. The Bertz CT molecular complexity index is 951. The summed E-state index contributed by atoms with van der Waals surface area (Å²) in [6.45, 7) is 2.57. The Morgan fingerprint density at radius 2 is 1.87 bits per heavy atom. The largest absolute Gasteiger partial charge is 0.325 e. The number of imidazole rings is 1. The molecule has 0 amide bonds. The van der Waals surface area contributed by atoms with Crippen molar-refractivity contribution in [3.63, 3.8) is 0 Å². The average Bonchev–Trinajstić information content (AvgIpc) is 3.04. The van der Waals surface area contributed by atoms with Crippen LogP contribution in [0.2, 0.25) is 0 Å². The molecule has 112 valence electrons. The molecular formula is C18H15N5. The molecule has 0 fully saturated rings. The van der Waals surface area contributed by atoms with Crippen molar-refractivity contribution < 1.29 is 0 Å². The lowest BCUT2D eigenvalue weighted by molar-refractivity contribution is 0.773.